The van der Waals surface area contributed by atoms with Gasteiger partial charge in [0.1, 0.15) is 0 Å². The topological polar surface area (TPSA) is 56.8 Å². The third-order valence-corrected chi connectivity index (χ3v) is 2.85. The molecule has 5 nitrogen and oxygen atoms in total. The second-order valence-electron chi connectivity index (χ2n) is 4.55. The molecule has 118 valence electrons. The van der Waals surface area contributed by atoms with Gasteiger partial charge in [-0.3, -0.25) is 4.79 Å². The summed E-state index contributed by atoms with van der Waals surface area (Å²) in [7, 11) is 1.60. The lowest BCUT2D eigenvalue weighted by Gasteiger charge is -2.13. The number of carbonyl (C=O) groups excluding carboxylic acids is 1. The van der Waals surface area contributed by atoms with Crippen LogP contribution in [0.15, 0.2) is 18.2 Å². The number of hydrogen-bond acceptors (Lipinski definition) is 4. The van der Waals surface area contributed by atoms with Gasteiger partial charge in [-0.1, -0.05) is 13.3 Å². The number of methoxy groups -OCH3 is 1. The van der Waals surface area contributed by atoms with Crippen molar-refractivity contribution in [2.45, 2.75) is 26.7 Å². The highest BCUT2D eigenvalue weighted by Gasteiger charge is 2.11. The van der Waals surface area contributed by atoms with Gasteiger partial charge < -0.3 is 19.5 Å². The highest BCUT2D eigenvalue weighted by molar-refractivity contribution is 5.94. The molecule has 1 aromatic rings. The molecule has 0 fully saturated rings. The molecule has 1 aromatic carbocycles. The molecule has 0 heterocycles. The van der Waals surface area contributed by atoms with E-state index in [1.807, 2.05) is 6.92 Å². The summed E-state index contributed by atoms with van der Waals surface area (Å²) in [5.41, 5.74) is 0.553. The van der Waals surface area contributed by atoms with E-state index in [9.17, 15) is 4.79 Å². The van der Waals surface area contributed by atoms with Crippen LogP contribution in [0.4, 0.5) is 0 Å². The van der Waals surface area contributed by atoms with Gasteiger partial charge in [-0.15, -0.1) is 0 Å². The van der Waals surface area contributed by atoms with Crippen molar-refractivity contribution in [3.63, 3.8) is 0 Å². The average molecular weight is 295 g/mol. The second kappa shape index (κ2) is 10.0. The van der Waals surface area contributed by atoms with Crippen LogP contribution in [0.3, 0.4) is 0 Å². The molecule has 0 atom stereocenters. The monoisotopic (exact) mass is 295 g/mol. The largest absolute Gasteiger partial charge is 0.490 e. The molecule has 1 amide bonds. The first-order chi connectivity index (χ1) is 10.2. The van der Waals surface area contributed by atoms with Gasteiger partial charge in [0.25, 0.3) is 5.91 Å². The first kappa shape index (κ1) is 17.3. The summed E-state index contributed by atoms with van der Waals surface area (Å²) in [6.07, 6.45) is 2.06. The molecule has 0 aliphatic carbocycles. The standard InChI is InChI=1S/C16H25NO4/c1-4-6-10-21-14-8-7-13(12-15(14)20-5-2)16(18)17-9-11-19-3/h7-8,12H,4-6,9-11H2,1-3H3,(H,17,18). The lowest BCUT2D eigenvalue weighted by Crippen LogP contribution is -2.26. The Kier molecular flexibility index (Phi) is 8.28. The van der Waals surface area contributed by atoms with Crippen LogP contribution in [-0.2, 0) is 4.74 Å². The summed E-state index contributed by atoms with van der Waals surface area (Å²) >= 11 is 0. The minimum atomic E-state index is -0.145. The maximum absolute atomic E-state index is 12.0. The summed E-state index contributed by atoms with van der Waals surface area (Å²) in [5, 5.41) is 2.78. The number of rotatable bonds is 10. The molecule has 0 saturated carbocycles. The zero-order chi connectivity index (χ0) is 15.5. The fourth-order valence-electron chi connectivity index (χ4n) is 1.73. The van der Waals surface area contributed by atoms with E-state index in [0.29, 0.717) is 43.4 Å². The second-order valence-corrected chi connectivity index (χ2v) is 4.55. The molecule has 0 bridgehead atoms. The highest BCUT2D eigenvalue weighted by Crippen LogP contribution is 2.28. The Labute approximate surface area is 126 Å². The molecular formula is C16H25NO4. The quantitative estimate of drug-likeness (QED) is 0.674. The van der Waals surface area contributed by atoms with Crippen molar-refractivity contribution in [3.8, 4) is 11.5 Å². The number of carbonyl (C=O) groups is 1. The minimum absolute atomic E-state index is 0.145. The molecule has 0 aliphatic rings. The fraction of sp³-hybridized carbons (Fsp3) is 0.562. The van der Waals surface area contributed by atoms with Crippen molar-refractivity contribution in [1.29, 1.82) is 0 Å². The van der Waals surface area contributed by atoms with Crippen LogP contribution in [0.5, 0.6) is 11.5 Å². The van der Waals surface area contributed by atoms with Gasteiger partial charge in [-0.05, 0) is 31.5 Å². The molecule has 21 heavy (non-hydrogen) atoms. The van der Waals surface area contributed by atoms with E-state index >= 15 is 0 Å². The van der Waals surface area contributed by atoms with Crippen molar-refractivity contribution in [3.05, 3.63) is 23.8 Å². The summed E-state index contributed by atoms with van der Waals surface area (Å²) in [6, 6.07) is 5.24. The molecule has 1 rings (SSSR count). The van der Waals surface area contributed by atoms with E-state index in [4.69, 9.17) is 14.2 Å². The normalized spacial score (nSPS) is 10.2. The predicted octanol–water partition coefficient (Wildman–Crippen LogP) is 2.64. The molecule has 0 aliphatic heterocycles. The van der Waals surface area contributed by atoms with Gasteiger partial charge in [0.2, 0.25) is 0 Å². The Balaban J connectivity index is 2.74. The van der Waals surface area contributed by atoms with Crippen LogP contribution in [0.25, 0.3) is 0 Å². The fourth-order valence-corrected chi connectivity index (χ4v) is 1.73. The van der Waals surface area contributed by atoms with Crippen molar-refractivity contribution < 1.29 is 19.0 Å². The molecular weight excluding hydrogens is 270 g/mol. The summed E-state index contributed by atoms with van der Waals surface area (Å²) in [5.74, 6) is 1.14. The van der Waals surface area contributed by atoms with Crippen molar-refractivity contribution >= 4 is 5.91 Å². The highest BCUT2D eigenvalue weighted by atomic mass is 16.5. The van der Waals surface area contributed by atoms with Crippen LogP contribution in [0.2, 0.25) is 0 Å². The van der Waals surface area contributed by atoms with Crippen molar-refractivity contribution in [2.75, 3.05) is 33.5 Å². The maximum Gasteiger partial charge on any atom is 0.251 e. The number of ether oxygens (including phenoxy) is 3. The summed E-state index contributed by atoms with van der Waals surface area (Å²) < 4.78 is 16.1. The molecule has 0 spiro atoms. The van der Waals surface area contributed by atoms with Gasteiger partial charge in [0.15, 0.2) is 11.5 Å². The molecule has 0 unspecified atom stereocenters. The van der Waals surface area contributed by atoms with Gasteiger partial charge in [-0.25, -0.2) is 0 Å². The first-order valence-electron chi connectivity index (χ1n) is 7.39. The number of amides is 1. The predicted molar refractivity (Wildman–Crippen MR) is 82.2 cm³/mol. The lowest BCUT2D eigenvalue weighted by molar-refractivity contribution is 0.0936. The third kappa shape index (κ3) is 6.04. The van der Waals surface area contributed by atoms with Gasteiger partial charge in [0, 0.05) is 19.2 Å². The van der Waals surface area contributed by atoms with Crippen LogP contribution >= 0.6 is 0 Å². The average Bonchev–Trinajstić information content (AvgIpc) is 2.49. The zero-order valence-corrected chi connectivity index (χ0v) is 13.1. The molecule has 5 heteroatoms. The van der Waals surface area contributed by atoms with E-state index in [1.54, 1.807) is 25.3 Å². The molecule has 0 radical (unpaired) electrons. The van der Waals surface area contributed by atoms with Crippen molar-refractivity contribution in [1.82, 2.24) is 5.32 Å². The zero-order valence-electron chi connectivity index (χ0n) is 13.1. The Hall–Kier alpha value is -1.75. The summed E-state index contributed by atoms with van der Waals surface area (Å²) in [6.45, 7) is 6.16. The van der Waals surface area contributed by atoms with Crippen LogP contribution in [0.1, 0.15) is 37.0 Å². The number of benzene rings is 1. The smallest absolute Gasteiger partial charge is 0.251 e. The van der Waals surface area contributed by atoms with Crippen LogP contribution in [-0.4, -0.2) is 39.4 Å². The third-order valence-electron chi connectivity index (χ3n) is 2.85. The Bertz CT molecular complexity index is 434. The Morgan fingerprint density at radius 2 is 1.95 bits per heavy atom. The first-order valence-corrected chi connectivity index (χ1v) is 7.39. The molecule has 1 N–H and O–H groups in total. The lowest BCUT2D eigenvalue weighted by atomic mass is 10.2. The van der Waals surface area contributed by atoms with Crippen molar-refractivity contribution in [2.24, 2.45) is 0 Å². The van der Waals surface area contributed by atoms with Crippen LogP contribution < -0.4 is 14.8 Å². The summed E-state index contributed by atoms with van der Waals surface area (Å²) in [4.78, 5) is 12.0. The van der Waals surface area contributed by atoms with E-state index < -0.39 is 0 Å². The number of hydrogen-bond donors (Lipinski definition) is 1. The van der Waals surface area contributed by atoms with E-state index in [1.165, 1.54) is 0 Å². The molecule has 0 aromatic heterocycles. The molecule has 0 saturated heterocycles. The number of nitrogens with one attached hydrogen (secondary N) is 1. The van der Waals surface area contributed by atoms with E-state index in [0.717, 1.165) is 12.8 Å². The SMILES string of the molecule is CCCCOc1ccc(C(=O)NCCOC)cc1OCC. The Morgan fingerprint density at radius 1 is 1.14 bits per heavy atom. The van der Waals surface area contributed by atoms with E-state index in [-0.39, 0.29) is 5.91 Å². The minimum Gasteiger partial charge on any atom is -0.490 e. The number of unbranched alkanes of at least 4 members (excludes halogenated alkanes) is 1. The van der Waals surface area contributed by atoms with Gasteiger partial charge >= 0.3 is 0 Å². The Morgan fingerprint density at radius 3 is 2.62 bits per heavy atom. The van der Waals surface area contributed by atoms with Gasteiger partial charge in [0.05, 0.1) is 19.8 Å². The van der Waals surface area contributed by atoms with Gasteiger partial charge in [-0.2, -0.15) is 0 Å². The van der Waals surface area contributed by atoms with Crippen LogP contribution in [0, 0.1) is 0 Å². The maximum atomic E-state index is 12.0. The van der Waals surface area contributed by atoms with E-state index in [2.05, 4.69) is 12.2 Å².